The third-order valence-corrected chi connectivity index (χ3v) is 4.47. The Morgan fingerprint density at radius 2 is 2.06 bits per heavy atom. The molecule has 0 aromatic carbocycles. The third-order valence-electron chi connectivity index (χ3n) is 4.47. The maximum absolute atomic E-state index is 12.3. The molecule has 0 bridgehead atoms. The summed E-state index contributed by atoms with van der Waals surface area (Å²) < 4.78 is 0. The Kier molecular flexibility index (Phi) is 3.73. The molecule has 2 unspecified atom stereocenters. The predicted octanol–water partition coefficient (Wildman–Crippen LogP) is 0.735. The number of nitrogens with two attached hydrogens (primary N) is 1. The number of amides is 1. The van der Waals surface area contributed by atoms with Crippen molar-refractivity contribution < 1.29 is 9.90 Å². The molecule has 2 atom stereocenters. The standard InChI is InChI=1S/C13H24N2O2/c1-2-13(17)8-15(9-13)12(16)11-6-4-3-5-10(11)7-14/h10-11,17H,2-9,14H2,1H3. The van der Waals surface area contributed by atoms with Gasteiger partial charge in [-0.2, -0.15) is 0 Å². The molecule has 17 heavy (non-hydrogen) atoms. The van der Waals surface area contributed by atoms with Crippen LogP contribution < -0.4 is 5.73 Å². The van der Waals surface area contributed by atoms with Gasteiger partial charge in [0.1, 0.15) is 0 Å². The first kappa shape index (κ1) is 12.8. The normalized spacial score (nSPS) is 32.1. The average Bonchev–Trinajstić information content (AvgIpc) is 2.34. The van der Waals surface area contributed by atoms with Crippen LogP contribution in [0.15, 0.2) is 0 Å². The van der Waals surface area contributed by atoms with E-state index in [0.29, 0.717) is 25.6 Å². The minimum atomic E-state index is -0.622. The summed E-state index contributed by atoms with van der Waals surface area (Å²) in [5.74, 6) is 0.681. The van der Waals surface area contributed by atoms with Crippen molar-refractivity contribution in [2.45, 2.75) is 44.6 Å². The molecule has 0 radical (unpaired) electrons. The second-order valence-electron chi connectivity index (χ2n) is 5.66. The van der Waals surface area contributed by atoms with Crippen LogP contribution in [0.3, 0.4) is 0 Å². The van der Waals surface area contributed by atoms with E-state index in [2.05, 4.69) is 0 Å². The maximum Gasteiger partial charge on any atom is 0.226 e. The van der Waals surface area contributed by atoms with Gasteiger partial charge in [0, 0.05) is 5.92 Å². The van der Waals surface area contributed by atoms with Crippen LogP contribution >= 0.6 is 0 Å². The van der Waals surface area contributed by atoms with Crippen molar-refractivity contribution in [1.82, 2.24) is 4.90 Å². The molecule has 98 valence electrons. The fraction of sp³-hybridized carbons (Fsp3) is 0.923. The average molecular weight is 240 g/mol. The van der Waals surface area contributed by atoms with Crippen molar-refractivity contribution in [3.05, 3.63) is 0 Å². The first-order valence-electron chi connectivity index (χ1n) is 6.81. The van der Waals surface area contributed by atoms with Crippen LogP contribution in [0.2, 0.25) is 0 Å². The first-order chi connectivity index (χ1) is 8.09. The monoisotopic (exact) mass is 240 g/mol. The lowest BCUT2D eigenvalue weighted by atomic mass is 9.77. The van der Waals surface area contributed by atoms with Gasteiger partial charge in [-0.3, -0.25) is 4.79 Å². The number of carbonyl (C=O) groups excluding carboxylic acids is 1. The molecular weight excluding hydrogens is 216 g/mol. The van der Waals surface area contributed by atoms with E-state index in [4.69, 9.17) is 5.73 Å². The first-order valence-corrected chi connectivity index (χ1v) is 6.81. The van der Waals surface area contributed by atoms with Crippen LogP contribution in [0.5, 0.6) is 0 Å². The summed E-state index contributed by atoms with van der Waals surface area (Å²) in [7, 11) is 0. The van der Waals surface area contributed by atoms with E-state index in [1.165, 1.54) is 6.42 Å². The van der Waals surface area contributed by atoms with Gasteiger partial charge in [0.25, 0.3) is 0 Å². The van der Waals surface area contributed by atoms with Gasteiger partial charge in [-0.1, -0.05) is 19.8 Å². The number of hydrogen-bond acceptors (Lipinski definition) is 3. The van der Waals surface area contributed by atoms with Gasteiger partial charge in [0.15, 0.2) is 0 Å². The Morgan fingerprint density at radius 1 is 1.41 bits per heavy atom. The highest BCUT2D eigenvalue weighted by atomic mass is 16.3. The van der Waals surface area contributed by atoms with Crippen LogP contribution in [-0.2, 0) is 4.79 Å². The Bertz CT molecular complexity index is 287. The van der Waals surface area contributed by atoms with Gasteiger partial charge in [0.2, 0.25) is 5.91 Å². The predicted molar refractivity (Wildman–Crippen MR) is 66.3 cm³/mol. The Balaban J connectivity index is 1.91. The molecule has 4 heteroatoms. The van der Waals surface area contributed by atoms with Crippen molar-refractivity contribution in [2.24, 2.45) is 17.6 Å². The molecule has 1 aliphatic carbocycles. The molecule has 3 N–H and O–H groups in total. The van der Waals surface area contributed by atoms with Gasteiger partial charge in [-0.25, -0.2) is 0 Å². The summed E-state index contributed by atoms with van der Waals surface area (Å²) in [5, 5.41) is 9.94. The van der Waals surface area contributed by atoms with E-state index in [9.17, 15) is 9.90 Å². The second-order valence-corrected chi connectivity index (χ2v) is 5.66. The number of carbonyl (C=O) groups is 1. The van der Waals surface area contributed by atoms with Crippen molar-refractivity contribution in [3.63, 3.8) is 0 Å². The number of nitrogens with zero attached hydrogens (tertiary/aromatic N) is 1. The lowest BCUT2D eigenvalue weighted by Gasteiger charge is -2.48. The summed E-state index contributed by atoms with van der Waals surface area (Å²) in [5.41, 5.74) is 5.13. The van der Waals surface area contributed by atoms with Crippen LogP contribution in [-0.4, -0.2) is 41.1 Å². The van der Waals surface area contributed by atoms with E-state index in [1.54, 1.807) is 0 Å². The molecule has 1 saturated carbocycles. The largest absolute Gasteiger partial charge is 0.386 e. The van der Waals surface area contributed by atoms with Gasteiger partial charge in [-0.15, -0.1) is 0 Å². The fourth-order valence-corrected chi connectivity index (χ4v) is 3.09. The van der Waals surface area contributed by atoms with Crippen LogP contribution in [0.1, 0.15) is 39.0 Å². The minimum absolute atomic E-state index is 0.107. The number of likely N-dealkylation sites (tertiary alicyclic amines) is 1. The molecule has 0 spiro atoms. The van der Waals surface area contributed by atoms with Crippen LogP contribution in [0.4, 0.5) is 0 Å². The molecule has 1 saturated heterocycles. The zero-order valence-electron chi connectivity index (χ0n) is 10.7. The van der Waals surface area contributed by atoms with Gasteiger partial charge < -0.3 is 15.7 Å². The molecular formula is C13H24N2O2. The zero-order chi connectivity index (χ0) is 12.5. The van der Waals surface area contributed by atoms with Crippen molar-refractivity contribution >= 4 is 5.91 Å². The third kappa shape index (κ3) is 2.47. The highest BCUT2D eigenvalue weighted by Gasteiger charge is 2.45. The van der Waals surface area contributed by atoms with E-state index < -0.39 is 5.60 Å². The number of β-amino-alcohol motifs (C(OH)–C–C–N with tert-alkyl or cyclic N) is 1. The SMILES string of the molecule is CCC1(O)CN(C(=O)C2CCCCC2CN)C1. The highest BCUT2D eigenvalue weighted by molar-refractivity contribution is 5.80. The van der Waals surface area contributed by atoms with E-state index >= 15 is 0 Å². The van der Waals surface area contributed by atoms with Crippen molar-refractivity contribution in [1.29, 1.82) is 0 Å². The summed E-state index contributed by atoms with van der Waals surface area (Å²) in [4.78, 5) is 14.1. The molecule has 0 aromatic heterocycles. The Morgan fingerprint density at radius 3 is 2.65 bits per heavy atom. The fourth-order valence-electron chi connectivity index (χ4n) is 3.09. The maximum atomic E-state index is 12.3. The molecule has 0 aromatic rings. The topological polar surface area (TPSA) is 66.6 Å². The number of aliphatic hydroxyl groups is 1. The highest BCUT2D eigenvalue weighted by Crippen LogP contribution is 2.34. The molecule has 1 heterocycles. The van der Waals surface area contributed by atoms with Crippen LogP contribution in [0.25, 0.3) is 0 Å². The quantitative estimate of drug-likeness (QED) is 0.764. The van der Waals surface area contributed by atoms with E-state index in [0.717, 1.165) is 25.7 Å². The summed E-state index contributed by atoms with van der Waals surface area (Å²) in [6.45, 7) is 3.60. The van der Waals surface area contributed by atoms with Gasteiger partial charge in [0.05, 0.1) is 18.7 Å². The van der Waals surface area contributed by atoms with Crippen molar-refractivity contribution in [3.8, 4) is 0 Å². The van der Waals surface area contributed by atoms with Crippen LogP contribution in [0, 0.1) is 11.8 Å². The number of hydrogen-bond donors (Lipinski definition) is 2. The summed E-state index contributed by atoms with van der Waals surface area (Å²) in [6, 6.07) is 0. The lowest BCUT2D eigenvalue weighted by Crippen LogP contribution is -2.64. The van der Waals surface area contributed by atoms with E-state index in [1.807, 2.05) is 11.8 Å². The Labute approximate surface area is 103 Å². The molecule has 4 nitrogen and oxygen atoms in total. The summed E-state index contributed by atoms with van der Waals surface area (Å²) >= 11 is 0. The Hall–Kier alpha value is -0.610. The smallest absolute Gasteiger partial charge is 0.226 e. The molecule has 2 aliphatic rings. The molecule has 2 rings (SSSR count). The lowest BCUT2D eigenvalue weighted by molar-refractivity contribution is -0.162. The van der Waals surface area contributed by atoms with E-state index in [-0.39, 0.29) is 11.8 Å². The molecule has 1 amide bonds. The van der Waals surface area contributed by atoms with Gasteiger partial charge in [-0.05, 0) is 31.7 Å². The van der Waals surface area contributed by atoms with Gasteiger partial charge >= 0.3 is 0 Å². The molecule has 2 fully saturated rings. The zero-order valence-corrected chi connectivity index (χ0v) is 10.7. The number of rotatable bonds is 3. The second kappa shape index (κ2) is 4.94. The summed E-state index contributed by atoms with van der Waals surface area (Å²) in [6.07, 6.45) is 5.12. The minimum Gasteiger partial charge on any atom is -0.386 e. The molecule has 1 aliphatic heterocycles. The van der Waals surface area contributed by atoms with Crippen molar-refractivity contribution in [2.75, 3.05) is 19.6 Å².